The Bertz CT molecular complexity index is 431. The summed E-state index contributed by atoms with van der Waals surface area (Å²) in [6.45, 7) is 0. The molecule has 1 aliphatic carbocycles. The molecular formula is C12H13HsN2O2-. The number of aliphatic hydroxyl groups excluding tert-OH is 1. The molecule has 1 heterocycles. The first kappa shape index (κ1) is 12.6. The van der Waals surface area contributed by atoms with E-state index in [2.05, 4.69) is 4.98 Å². The molecule has 0 bridgehead atoms. The molecule has 1 N–H and O–H groups in total. The van der Waals surface area contributed by atoms with E-state index in [4.69, 9.17) is 10.00 Å². The predicted octanol–water partition coefficient (Wildman–Crippen LogP) is 0.981. The van der Waals surface area contributed by atoms with Crippen molar-refractivity contribution in [2.24, 2.45) is 0 Å². The summed E-state index contributed by atoms with van der Waals surface area (Å²) < 4.78 is 4.90. The maximum atomic E-state index is 9.58. The number of hydrogen-bond acceptors (Lipinski definition) is 4. The number of aliphatic hydroxyl groups is 1. The van der Waals surface area contributed by atoms with Crippen molar-refractivity contribution in [3.05, 3.63) is 35.0 Å². The van der Waals surface area contributed by atoms with Crippen LogP contribution in [0.1, 0.15) is 23.4 Å². The van der Waals surface area contributed by atoms with Crippen LogP contribution in [-0.2, 0) is 17.6 Å². The van der Waals surface area contributed by atoms with Crippen molar-refractivity contribution in [3.63, 3.8) is 0 Å². The average Bonchev–Trinajstić information content (AvgIpc) is 2.36. The molecule has 1 aromatic heterocycles. The van der Waals surface area contributed by atoms with E-state index in [9.17, 15) is 5.11 Å². The van der Waals surface area contributed by atoms with Gasteiger partial charge in [0.1, 0.15) is 11.8 Å². The minimum atomic E-state index is -0.788. The Kier molecular flexibility index (Phi) is 3.76. The Labute approximate surface area is 94.5 Å². The first-order valence-electron chi connectivity index (χ1n) is 5.19. The summed E-state index contributed by atoms with van der Waals surface area (Å²) in [5.41, 5.74) is 2.50. The van der Waals surface area contributed by atoms with E-state index in [-0.39, 0.29) is 0 Å². The summed E-state index contributed by atoms with van der Waals surface area (Å²) in [5, 5.41) is 18.3. The minimum absolute atomic E-state index is 0. The third-order valence-corrected chi connectivity index (χ3v) is 2.86. The van der Waals surface area contributed by atoms with Crippen molar-refractivity contribution in [1.82, 2.24) is 4.98 Å². The molecule has 0 spiro atoms. The first-order chi connectivity index (χ1) is 7.74. The number of ether oxygens (including phenoxy) is 1. The first-order valence-corrected chi connectivity index (χ1v) is 5.19. The van der Waals surface area contributed by atoms with Gasteiger partial charge in [0.25, 0.3) is 0 Å². The Morgan fingerprint density at radius 3 is 3.00 bits per heavy atom. The fraction of sp³-hybridized carbons (Fsp3) is 0.417. The van der Waals surface area contributed by atoms with Gasteiger partial charge in [-0.3, -0.25) is 5.92 Å². The molecule has 86 valence electrons. The smallest absolute Gasteiger partial charge is 0.140 e. The van der Waals surface area contributed by atoms with Crippen molar-refractivity contribution in [2.75, 3.05) is 7.11 Å². The van der Waals surface area contributed by atoms with Crippen molar-refractivity contribution < 1.29 is 9.84 Å². The number of aromatic nitrogens is 1. The Morgan fingerprint density at radius 1 is 1.59 bits per heavy atom. The van der Waals surface area contributed by atoms with Crippen molar-refractivity contribution in [2.45, 2.75) is 25.6 Å². The molecule has 2 rings (SSSR count). The zero-order valence-corrected chi connectivity index (χ0v) is 16.3. The number of nitriles is 1. The van der Waals surface area contributed by atoms with E-state index < -0.39 is 6.29 Å². The summed E-state index contributed by atoms with van der Waals surface area (Å²) in [6, 6.07) is 5.64. The molecular weight excluding hydrogens is 473 g/mol. The molecule has 1 atom stereocenters. The molecule has 1 unspecified atom stereocenters. The number of fused-ring (bicyclic) bond motifs is 1. The van der Waals surface area contributed by atoms with Crippen LogP contribution in [0.3, 0.4) is 0 Å². The quantitative estimate of drug-likeness (QED) is 0.501. The van der Waals surface area contributed by atoms with Crippen molar-refractivity contribution in [3.8, 4) is 6.07 Å². The standard InChI is InChI=1S/C12H13N2O2.Hs/c1-16-12(15)9-3-5-11-8(6-9)2-4-10(7-13)14-11;/h2,4,12,15H,3,5-6H2,1H3;/q-1;. The summed E-state index contributed by atoms with van der Waals surface area (Å²) >= 11 is 0. The van der Waals surface area contributed by atoms with Gasteiger partial charge < -0.3 is 9.84 Å². The molecule has 1 aliphatic rings. The van der Waals surface area contributed by atoms with Gasteiger partial charge in [0.05, 0.1) is 0 Å². The number of rotatable bonds is 2. The van der Waals surface area contributed by atoms with Gasteiger partial charge in [0.2, 0.25) is 0 Å². The van der Waals surface area contributed by atoms with Gasteiger partial charge >= 0.3 is 0 Å². The van der Waals surface area contributed by atoms with Crippen LogP contribution in [0.4, 0.5) is 0 Å². The van der Waals surface area contributed by atoms with Gasteiger partial charge in [-0.1, -0.05) is 11.6 Å². The number of aryl methyl sites for hydroxylation is 1. The third kappa shape index (κ3) is 2.39. The largest absolute Gasteiger partial charge is 0.398 e. The van der Waals surface area contributed by atoms with Crippen LogP contribution >= 0.6 is 0 Å². The second-order valence-electron chi connectivity index (χ2n) is 3.84. The van der Waals surface area contributed by atoms with E-state index in [1.54, 1.807) is 6.07 Å². The van der Waals surface area contributed by atoms with Gasteiger partial charge in [-0.2, -0.15) is 11.7 Å². The third-order valence-electron chi connectivity index (χ3n) is 2.86. The summed E-state index contributed by atoms with van der Waals surface area (Å²) in [4.78, 5) is 4.25. The topological polar surface area (TPSA) is 66.1 Å². The van der Waals surface area contributed by atoms with Crippen LogP contribution in [0.5, 0.6) is 0 Å². The Hall–Kier alpha value is -2.44. The molecule has 1 aromatic rings. The Morgan fingerprint density at radius 2 is 2.35 bits per heavy atom. The van der Waals surface area contributed by atoms with Gasteiger partial charge in [-0.05, 0) is 12.5 Å². The minimum Gasteiger partial charge on any atom is -0.398 e. The Balaban J connectivity index is 0.00000144. The monoisotopic (exact) mass is 486 g/mol. The second-order valence-corrected chi connectivity index (χ2v) is 3.84. The molecule has 0 saturated carbocycles. The number of methoxy groups -OCH3 is 1. The number of pyridine rings is 1. The van der Waals surface area contributed by atoms with Crippen LogP contribution in [0.25, 0.3) is 0 Å². The molecule has 0 saturated heterocycles. The molecule has 5 heteroatoms. The normalized spacial score (nSPS) is 16.5. The molecule has 0 amide bonds. The van der Waals surface area contributed by atoms with Crippen LogP contribution < -0.4 is 0 Å². The molecule has 0 aromatic carbocycles. The molecule has 0 aliphatic heterocycles. The SMILES string of the molecule is COC(O)[C-]1CCc2nc(C#N)ccc2C1.[Hs]. The fourth-order valence-electron chi connectivity index (χ4n) is 1.96. The number of nitrogens with zero attached hydrogens (tertiary/aromatic N) is 2. The molecule has 0 radical (unpaired) electrons. The van der Waals surface area contributed by atoms with E-state index in [1.807, 2.05) is 12.1 Å². The zero-order valence-electron chi connectivity index (χ0n) is 9.81. The van der Waals surface area contributed by atoms with E-state index in [1.165, 1.54) is 7.11 Å². The molecule has 17 heavy (non-hydrogen) atoms. The van der Waals surface area contributed by atoms with Crippen LogP contribution in [0.2, 0.25) is 0 Å². The van der Waals surface area contributed by atoms with Crippen LogP contribution in [-0.4, -0.2) is 23.5 Å². The van der Waals surface area contributed by atoms with Crippen LogP contribution in [0, 0.1) is 17.2 Å². The summed E-state index contributed by atoms with van der Waals surface area (Å²) in [5.74, 6) is 0.974. The number of hydrogen-bond donors (Lipinski definition) is 1. The van der Waals surface area contributed by atoms with Crippen LogP contribution in [0.15, 0.2) is 12.1 Å². The maximum absolute atomic E-state index is 9.58. The van der Waals surface area contributed by atoms with Gasteiger partial charge in [-0.25, -0.2) is 4.98 Å². The van der Waals surface area contributed by atoms with Gasteiger partial charge in [0, 0.05) is 19.1 Å². The molecule has 4 nitrogen and oxygen atoms in total. The zero-order chi connectivity index (χ0) is 11.5. The van der Waals surface area contributed by atoms with E-state index in [0.717, 1.165) is 30.0 Å². The fourth-order valence-corrected chi connectivity index (χ4v) is 1.96. The van der Waals surface area contributed by atoms with Gasteiger partial charge in [-0.15, -0.1) is 6.42 Å². The second kappa shape index (κ2) is 5.06. The maximum Gasteiger partial charge on any atom is 0.140 e. The van der Waals surface area contributed by atoms with Gasteiger partial charge in [0.15, 0.2) is 0 Å². The van der Waals surface area contributed by atoms with E-state index in [0.29, 0.717) is 12.1 Å². The predicted molar refractivity (Wildman–Crippen MR) is 57.2 cm³/mol. The van der Waals surface area contributed by atoms with Crippen molar-refractivity contribution >= 4 is 0 Å². The van der Waals surface area contributed by atoms with E-state index >= 15 is 0 Å². The average molecular weight is 486 g/mol. The van der Waals surface area contributed by atoms with Crippen molar-refractivity contribution in [1.29, 1.82) is 5.26 Å². The summed E-state index contributed by atoms with van der Waals surface area (Å²) in [7, 11) is 1.49. The summed E-state index contributed by atoms with van der Waals surface area (Å²) in [6.07, 6.45) is 1.43. The molecule has 0 fully saturated rings.